The maximum Gasteiger partial charge on any atom is 0.183 e. The molecular formula is C21H20ClN3O2S. The van der Waals surface area contributed by atoms with Crippen LogP contribution in [0.25, 0.3) is 11.1 Å². The van der Waals surface area contributed by atoms with Gasteiger partial charge in [-0.3, -0.25) is 9.58 Å². The zero-order valence-corrected chi connectivity index (χ0v) is 17.0. The molecule has 5 nitrogen and oxygen atoms in total. The number of nitrogens with zero attached hydrogens (tertiary/aromatic N) is 3. The number of likely N-dealkylation sites (tertiary alicyclic amines) is 1. The van der Waals surface area contributed by atoms with Crippen LogP contribution in [0.5, 0.6) is 0 Å². The number of benzene rings is 2. The highest BCUT2D eigenvalue weighted by molar-refractivity contribution is 7.92. The fourth-order valence-electron chi connectivity index (χ4n) is 4.45. The van der Waals surface area contributed by atoms with Gasteiger partial charge in [-0.05, 0) is 41.0 Å². The molecule has 0 saturated carbocycles. The predicted octanol–water partition coefficient (Wildman–Crippen LogP) is 3.50. The number of halogens is 1. The maximum atomic E-state index is 13.1. The van der Waals surface area contributed by atoms with Crippen LogP contribution in [0.4, 0.5) is 0 Å². The number of fused-ring (bicyclic) bond motifs is 3. The third-order valence-electron chi connectivity index (χ3n) is 5.81. The lowest BCUT2D eigenvalue weighted by Crippen LogP contribution is -2.25. The molecule has 3 aromatic rings. The molecule has 0 radical (unpaired) electrons. The van der Waals surface area contributed by atoms with E-state index in [2.05, 4.69) is 10.00 Å². The van der Waals surface area contributed by atoms with Crippen molar-refractivity contribution in [1.29, 1.82) is 0 Å². The second kappa shape index (κ2) is 6.44. The molecule has 0 aliphatic carbocycles. The summed E-state index contributed by atoms with van der Waals surface area (Å²) in [7, 11) is -1.41. The van der Waals surface area contributed by atoms with E-state index in [1.165, 1.54) is 0 Å². The molecule has 28 heavy (non-hydrogen) atoms. The number of sulfone groups is 1. The SMILES string of the molecule is Cn1cc(-c2ccc3c(c2)C2CN(Cc4ccc(Cl)cc4)CC2S3(=O)=O)cn1. The van der Waals surface area contributed by atoms with Gasteiger partial charge in [-0.25, -0.2) is 8.42 Å². The van der Waals surface area contributed by atoms with E-state index < -0.39 is 9.84 Å². The number of hydrogen-bond donors (Lipinski definition) is 0. The Kier molecular flexibility index (Phi) is 4.12. The molecular weight excluding hydrogens is 394 g/mol. The van der Waals surface area contributed by atoms with Gasteiger partial charge >= 0.3 is 0 Å². The molecule has 7 heteroatoms. The van der Waals surface area contributed by atoms with Crippen molar-refractivity contribution in [1.82, 2.24) is 14.7 Å². The molecule has 2 atom stereocenters. The molecule has 1 fully saturated rings. The first-order valence-electron chi connectivity index (χ1n) is 9.25. The monoisotopic (exact) mass is 413 g/mol. The minimum absolute atomic E-state index is 0.0175. The molecule has 0 bridgehead atoms. The third-order valence-corrected chi connectivity index (χ3v) is 8.33. The van der Waals surface area contributed by atoms with Gasteiger partial charge in [0.1, 0.15) is 0 Å². The van der Waals surface area contributed by atoms with Gasteiger partial charge in [0.2, 0.25) is 0 Å². The van der Waals surface area contributed by atoms with E-state index in [9.17, 15) is 8.42 Å². The van der Waals surface area contributed by atoms with Gasteiger partial charge < -0.3 is 0 Å². The van der Waals surface area contributed by atoms with Crippen molar-refractivity contribution >= 4 is 21.4 Å². The van der Waals surface area contributed by atoms with Crippen molar-refractivity contribution in [2.75, 3.05) is 13.1 Å². The summed E-state index contributed by atoms with van der Waals surface area (Å²) >= 11 is 5.97. The van der Waals surface area contributed by atoms with Crippen LogP contribution < -0.4 is 0 Å². The van der Waals surface area contributed by atoms with E-state index in [1.54, 1.807) is 10.7 Å². The summed E-state index contributed by atoms with van der Waals surface area (Å²) in [6, 6.07) is 13.5. The zero-order valence-electron chi connectivity index (χ0n) is 15.4. The summed E-state index contributed by atoms with van der Waals surface area (Å²) in [6.45, 7) is 2.04. The minimum Gasteiger partial charge on any atom is -0.297 e. The quantitative estimate of drug-likeness (QED) is 0.659. The average molecular weight is 414 g/mol. The first kappa shape index (κ1) is 17.9. The highest BCUT2D eigenvalue weighted by atomic mass is 35.5. The summed E-state index contributed by atoms with van der Waals surface area (Å²) in [5.74, 6) is 0.0175. The molecule has 2 unspecified atom stereocenters. The van der Waals surface area contributed by atoms with Crippen molar-refractivity contribution in [3.05, 3.63) is 71.0 Å². The Bertz CT molecular complexity index is 1150. The molecule has 0 amide bonds. The fraction of sp³-hybridized carbons (Fsp3) is 0.286. The topological polar surface area (TPSA) is 55.2 Å². The molecule has 3 heterocycles. The van der Waals surface area contributed by atoms with Crippen molar-refractivity contribution in [3.63, 3.8) is 0 Å². The Hall–Kier alpha value is -2.15. The van der Waals surface area contributed by atoms with Gasteiger partial charge in [0.05, 0.1) is 16.3 Å². The van der Waals surface area contributed by atoms with E-state index in [4.69, 9.17) is 11.6 Å². The Morgan fingerprint density at radius 3 is 2.61 bits per heavy atom. The van der Waals surface area contributed by atoms with Gasteiger partial charge in [0.15, 0.2) is 9.84 Å². The first-order chi connectivity index (χ1) is 13.4. The number of aromatic nitrogens is 2. The second-order valence-corrected chi connectivity index (χ2v) is 10.2. The highest BCUT2D eigenvalue weighted by Crippen LogP contribution is 2.46. The van der Waals surface area contributed by atoms with Gasteiger partial charge in [-0.2, -0.15) is 5.10 Å². The molecule has 5 rings (SSSR count). The highest BCUT2D eigenvalue weighted by Gasteiger charge is 2.50. The molecule has 2 aliphatic rings. The Labute approximate surface area is 169 Å². The van der Waals surface area contributed by atoms with Gasteiger partial charge in [0, 0.05) is 49.4 Å². The van der Waals surface area contributed by atoms with Crippen molar-refractivity contribution in [2.45, 2.75) is 22.6 Å². The van der Waals surface area contributed by atoms with Crippen LogP contribution >= 0.6 is 11.6 Å². The largest absolute Gasteiger partial charge is 0.297 e. The second-order valence-electron chi connectivity index (χ2n) is 7.67. The lowest BCUT2D eigenvalue weighted by molar-refractivity contribution is 0.325. The minimum atomic E-state index is -3.29. The maximum absolute atomic E-state index is 13.1. The number of hydrogen-bond acceptors (Lipinski definition) is 4. The molecule has 144 valence electrons. The van der Waals surface area contributed by atoms with Crippen LogP contribution in [-0.4, -0.2) is 41.4 Å². The van der Waals surface area contributed by atoms with Crippen LogP contribution in [-0.2, 0) is 23.4 Å². The van der Waals surface area contributed by atoms with E-state index in [1.807, 2.05) is 55.8 Å². The first-order valence-corrected chi connectivity index (χ1v) is 11.2. The lowest BCUT2D eigenvalue weighted by Gasteiger charge is -2.17. The van der Waals surface area contributed by atoms with Crippen molar-refractivity contribution < 1.29 is 8.42 Å². The fourth-order valence-corrected chi connectivity index (χ4v) is 6.77. The third kappa shape index (κ3) is 2.87. The zero-order chi connectivity index (χ0) is 19.5. The average Bonchev–Trinajstić information content (AvgIpc) is 3.34. The smallest absolute Gasteiger partial charge is 0.183 e. The Balaban J connectivity index is 1.46. The van der Waals surface area contributed by atoms with Crippen molar-refractivity contribution in [3.8, 4) is 11.1 Å². The van der Waals surface area contributed by atoms with Crippen LogP contribution in [0.2, 0.25) is 5.02 Å². The molecule has 2 aromatic carbocycles. The molecule has 1 saturated heterocycles. The summed E-state index contributed by atoms with van der Waals surface area (Å²) < 4.78 is 28.0. The summed E-state index contributed by atoms with van der Waals surface area (Å²) in [4.78, 5) is 2.73. The van der Waals surface area contributed by atoms with Gasteiger partial charge in [-0.15, -0.1) is 0 Å². The van der Waals surface area contributed by atoms with Gasteiger partial charge in [-0.1, -0.05) is 29.8 Å². The summed E-state index contributed by atoms with van der Waals surface area (Å²) in [5, 5.41) is 4.58. The standard InChI is InChI=1S/C21H20ClN3O2S/c1-24-11-16(9-23-24)15-4-7-20-18(8-15)19-12-25(13-21(19)28(20,26)27)10-14-2-5-17(22)6-3-14/h2-9,11,19,21H,10,12-13H2,1H3. The summed E-state index contributed by atoms with van der Waals surface area (Å²) in [5.41, 5.74) is 4.11. The van der Waals surface area contributed by atoms with Crippen LogP contribution in [0.1, 0.15) is 17.0 Å². The van der Waals surface area contributed by atoms with Crippen LogP contribution in [0.15, 0.2) is 59.8 Å². The van der Waals surface area contributed by atoms with E-state index in [0.717, 1.165) is 35.3 Å². The van der Waals surface area contributed by atoms with Crippen LogP contribution in [0.3, 0.4) is 0 Å². The van der Waals surface area contributed by atoms with Crippen molar-refractivity contribution in [2.24, 2.45) is 7.05 Å². The number of rotatable bonds is 3. The normalized spacial score (nSPS) is 22.9. The van der Waals surface area contributed by atoms with Crippen LogP contribution in [0, 0.1) is 0 Å². The molecule has 1 aromatic heterocycles. The Morgan fingerprint density at radius 1 is 1.11 bits per heavy atom. The predicted molar refractivity (Wildman–Crippen MR) is 109 cm³/mol. The Morgan fingerprint density at radius 2 is 1.89 bits per heavy atom. The van der Waals surface area contributed by atoms with E-state index in [0.29, 0.717) is 16.5 Å². The van der Waals surface area contributed by atoms with E-state index >= 15 is 0 Å². The van der Waals surface area contributed by atoms with E-state index in [-0.39, 0.29) is 11.2 Å². The van der Waals surface area contributed by atoms with Gasteiger partial charge in [0.25, 0.3) is 0 Å². The lowest BCUT2D eigenvalue weighted by atomic mass is 9.95. The molecule has 0 spiro atoms. The number of aryl methyl sites for hydroxylation is 1. The molecule has 0 N–H and O–H groups in total. The summed E-state index contributed by atoms with van der Waals surface area (Å²) in [6.07, 6.45) is 3.76. The molecule has 2 aliphatic heterocycles.